The lowest BCUT2D eigenvalue weighted by Crippen LogP contribution is -2.29. The van der Waals surface area contributed by atoms with Gasteiger partial charge in [0.25, 0.3) is 0 Å². The summed E-state index contributed by atoms with van der Waals surface area (Å²) in [5, 5.41) is 10.3. The third-order valence-corrected chi connectivity index (χ3v) is 3.33. The third kappa shape index (κ3) is 3.05. The number of nitrogens with one attached hydrogen (secondary N) is 2. The van der Waals surface area contributed by atoms with Crippen LogP contribution in [-0.2, 0) is 16.1 Å². The van der Waals surface area contributed by atoms with Crippen molar-refractivity contribution >= 4 is 5.97 Å². The Hall–Kier alpha value is -2.14. The molecule has 1 unspecified atom stereocenters. The van der Waals surface area contributed by atoms with Gasteiger partial charge < -0.3 is 4.74 Å². The van der Waals surface area contributed by atoms with Crippen molar-refractivity contribution in [3.8, 4) is 0 Å². The molecule has 1 aromatic carbocycles. The van der Waals surface area contributed by atoms with Gasteiger partial charge in [0, 0.05) is 17.8 Å². The van der Waals surface area contributed by atoms with Crippen molar-refractivity contribution in [1.29, 1.82) is 0 Å². The highest BCUT2D eigenvalue weighted by atomic mass is 16.5. The highest BCUT2D eigenvalue weighted by Gasteiger charge is 2.21. The zero-order valence-corrected chi connectivity index (χ0v) is 11.9. The van der Waals surface area contributed by atoms with Gasteiger partial charge in [0.1, 0.15) is 6.04 Å². The molecule has 5 heteroatoms. The van der Waals surface area contributed by atoms with Crippen LogP contribution < -0.4 is 5.32 Å². The summed E-state index contributed by atoms with van der Waals surface area (Å²) in [7, 11) is 1.40. The molecule has 2 aromatic rings. The number of ether oxygens (including phenoxy) is 1. The highest BCUT2D eigenvalue weighted by Crippen LogP contribution is 2.16. The fourth-order valence-electron chi connectivity index (χ4n) is 2.14. The first kappa shape index (κ1) is 14.3. The van der Waals surface area contributed by atoms with Gasteiger partial charge in [-0.15, -0.1) is 0 Å². The lowest BCUT2D eigenvalue weighted by atomic mass is 10.1. The standard InChI is InChI=1S/C15H19N3O2/c1-10-13(11(2)18-17-10)9-16-14(15(19)20-3)12-7-5-4-6-8-12/h4-8,14,16H,9H2,1-3H3,(H,17,18). The van der Waals surface area contributed by atoms with Crippen LogP contribution in [0.3, 0.4) is 0 Å². The summed E-state index contributed by atoms with van der Waals surface area (Å²) in [6.45, 7) is 4.46. The van der Waals surface area contributed by atoms with E-state index in [1.165, 1.54) is 7.11 Å². The molecule has 0 saturated heterocycles. The Morgan fingerprint density at radius 2 is 2.05 bits per heavy atom. The van der Waals surface area contributed by atoms with Crippen molar-refractivity contribution in [2.75, 3.05) is 7.11 Å². The molecular weight excluding hydrogens is 254 g/mol. The number of benzene rings is 1. The molecule has 0 fully saturated rings. The number of aryl methyl sites for hydroxylation is 2. The first-order valence-electron chi connectivity index (χ1n) is 6.50. The zero-order chi connectivity index (χ0) is 14.5. The average molecular weight is 273 g/mol. The van der Waals surface area contributed by atoms with Crippen molar-refractivity contribution in [2.24, 2.45) is 0 Å². The number of carbonyl (C=O) groups excluding carboxylic acids is 1. The van der Waals surface area contributed by atoms with E-state index in [1.54, 1.807) is 0 Å². The molecular formula is C15H19N3O2. The quantitative estimate of drug-likeness (QED) is 0.818. The van der Waals surface area contributed by atoms with Crippen LogP contribution in [0.25, 0.3) is 0 Å². The van der Waals surface area contributed by atoms with Gasteiger partial charge in [-0.3, -0.25) is 10.4 Å². The fraction of sp³-hybridized carbons (Fsp3) is 0.333. The summed E-state index contributed by atoms with van der Waals surface area (Å²) >= 11 is 0. The van der Waals surface area contributed by atoms with E-state index in [4.69, 9.17) is 4.74 Å². The zero-order valence-electron chi connectivity index (χ0n) is 11.9. The minimum Gasteiger partial charge on any atom is -0.468 e. The molecule has 0 aliphatic rings. The van der Waals surface area contributed by atoms with Crippen molar-refractivity contribution in [3.05, 3.63) is 52.8 Å². The second-order valence-corrected chi connectivity index (χ2v) is 4.66. The van der Waals surface area contributed by atoms with E-state index >= 15 is 0 Å². The van der Waals surface area contributed by atoms with Gasteiger partial charge in [-0.05, 0) is 19.4 Å². The summed E-state index contributed by atoms with van der Waals surface area (Å²) in [5.74, 6) is -0.296. The van der Waals surface area contributed by atoms with E-state index in [1.807, 2.05) is 44.2 Å². The molecule has 0 bridgehead atoms. The van der Waals surface area contributed by atoms with Crippen molar-refractivity contribution in [2.45, 2.75) is 26.4 Å². The van der Waals surface area contributed by atoms with Crippen LogP contribution in [-0.4, -0.2) is 23.3 Å². The predicted molar refractivity (Wildman–Crippen MR) is 76.1 cm³/mol. The first-order valence-corrected chi connectivity index (χ1v) is 6.50. The number of methoxy groups -OCH3 is 1. The Bertz CT molecular complexity index is 559. The van der Waals surface area contributed by atoms with Crippen molar-refractivity contribution in [3.63, 3.8) is 0 Å². The van der Waals surface area contributed by atoms with E-state index in [2.05, 4.69) is 15.5 Å². The van der Waals surface area contributed by atoms with E-state index in [0.29, 0.717) is 6.54 Å². The largest absolute Gasteiger partial charge is 0.468 e. The summed E-state index contributed by atoms with van der Waals surface area (Å²) in [4.78, 5) is 11.9. The summed E-state index contributed by atoms with van der Waals surface area (Å²) in [6, 6.07) is 9.06. The maximum absolute atomic E-state index is 11.9. The Morgan fingerprint density at radius 3 is 2.60 bits per heavy atom. The number of rotatable bonds is 5. The second-order valence-electron chi connectivity index (χ2n) is 4.66. The Kier molecular flexibility index (Phi) is 4.53. The number of hydrogen-bond acceptors (Lipinski definition) is 4. The fourth-order valence-corrected chi connectivity index (χ4v) is 2.14. The molecule has 0 saturated carbocycles. The molecule has 0 amide bonds. The van der Waals surface area contributed by atoms with Gasteiger partial charge in [-0.25, -0.2) is 4.79 Å². The number of hydrogen-bond donors (Lipinski definition) is 2. The average Bonchev–Trinajstić information content (AvgIpc) is 2.79. The Balaban J connectivity index is 2.15. The third-order valence-electron chi connectivity index (χ3n) is 3.33. The minimum absolute atomic E-state index is 0.296. The minimum atomic E-state index is -0.477. The number of nitrogens with zero attached hydrogens (tertiary/aromatic N) is 1. The van der Waals surface area contributed by atoms with Gasteiger partial charge in [0.2, 0.25) is 0 Å². The monoisotopic (exact) mass is 273 g/mol. The smallest absolute Gasteiger partial charge is 0.327 e. The summed E-state index contributed by atoms with van der Waals surface area (Å²) in [5.41, 5.74) is 3.91. The van der Waals surface area contributed by atoms with E-state index in [0.717, 1.165) is 22.5 Å². The van der Waals surface area contributed by atoms with Crippen molar-refractivity contribution < 1.29 is 9.53 Å². The molecule has 1 aromatic heterocycles. The molecule has 2 N–H and O–H groups in total. The van der Waals surface area contributed by atoms with Crippen molar-refractivity contribution in [1.82, 2.24) is 15.5 Å². The highest BCUT2D eigenvalue weighted by molar-refractivity contribution is 5.77. The normalized spacial score (nSPS) is 12.2. The molecule has 1 atom stereocenters. The Labute approximate surface area is 118 Å². The van der Waals surface area contributed by atoms with Gasteiger partial charge in [-0.2, -0.15) is 5.10 Å². The molecule has 0 radical (unpaired) electrons. The number of aromatic amines is 1. The number of esters is 1. The predicted octanol–water partition coefficient (Wildman–Crippen LogP) is 2.03. The molecule has 1 heterocycles. The molecule has 5 nitrogen and oxygen atoms in total. The lowest BCUT2D eigenvalue weighted by Gasteiger charge is -2.17. The summed E-state index contributed by atoms with van der Waals surface area (Å²) in [6.07, 6.45) is 0. The topological polar surface area (TPSA) is 67.0 Å². The maximum Gasteiger partial charge on any atom is 0.327 e. The van der Waals surface area contributed by atoms with Crippen LogP contribution in [0.2, 0.25) is 0 Å². The van der Waals surface area contributed by atoms with E-state index < -0.39 is 6.04 Å². The first-order chi connectivity index (χ1) is 9.63. The molecule has 0 spiro atoms. The number of carbonyl (C=O) groups is 1. The van der Waals surface area contributed by atoms with Crippen LogP contribution in [0.4, 0.5) is 0 Å². The molecule has 0 aliphatic heterocycles. The maximum atomic E-state index is 11.9. The number of aromatic nitrogens is 2. The second kappa shape index (κ2) is 6.34. The lowest BCUT2D eigenvalue weighted by molar-refractivity contribution is -0.143. The van der Waals surface area contributed by atoms with Crippen LogP contribution in [0, 0.1) is 13.8 Å². The van der Waals surface area contributed by atoms with E-state index in [-0.39, 0.29) is 5.97 Å². The molecule has 2 rings (SSSR count). The molecule has 106 valence electrons. The molecule has 0 aliphatic carbocycles. The molecule has 20 heavy (non-hydrogen) atoms. The van der Waals surface area contributed by atoms with E-state index in [9.17, 15) is 4.79 Å². The van der Waals surface area contributed by atoms with Crippen LogP contribution >= 0.6 is 0 Å². The number of H-pyrrole nitrogens is 1. The van der Waals surface area contributed by atoms with Gasteiger partial charge >= 0.3 is 5.97 Å². The van der Waals surface area contributed by atoms with Gasteiger partial charge in [0.05, 0.1) is 12.8 Å². The van der Waals surface area contributed by atoms with Gasteiger partial charge in [0.15, 0.2) is 0 Å². The Morgan fingerprint density at radius 1 is 1.35 bits per heavy atom. The van der Waals surface area contributed by atoms with Crippen LogP contribution in [0.5, 0.6) is 0 Å². The SMILES string of the molecule is COC(=O)C(NCc1c(C)n[nH]c1C)c1ccccc1. The van der Waals surface area contributed by atoms with Gasteiger partial charge in [-0.1, -0.05) is 30.3 Å². The van der Waals surface area contributed by atoms with Crippen LogP contribution in [0.1, 0.15) is 28.6 Å². The summed E-state index contributed by atoms with van der Waals surface area (Å²) < 4.78 is 4.87. The van der Waals surface area contributed by atoms with Crippen LogP contribution in [0.15, 0.2) is 30.3 Å².